The molecule has 0 unspecified atom stereocenters. The van der Waals surface area contributed by atoms with E-state index in [2.05, 4.69) is 9.97 Å². The number of nitrogens with two attached hydrogens (primary N) is 1. The molecule has 0 spiro atoms. The Morgan fingerprint density at radius 2 is 1.87 bits per heavy atom. The van der Waals surface area contributed by atoms with E-state index in [1.807, 2.05) is 0 Å². The van der Waals surface area contributed by atoms with E-state index in [-0.39, 0.29) is 0 Å². The molecule has 0 aliphatic rings. The number of nitro groups is 1. The molecule has 0 fully saturated rings. The third-order valence-corrected chi connectivity index (χ3v) is 4.38. The van der Waals surface area contributed by atoms with Crippen LogP contribution < -0.4 is 5.73 Å². The van der Waals surface area contributed by atoms with Gasteiger partial charge in [-0.15, -0.1) is 0 Å². The molecule has 23 heavy (non-hydrogen) atoms. The summed E-state index contributed by atoms with van der Waals surface area (Å²) in [7, 11) is -5.97. The third kappa shape index (κ3) is 2.61. The van der Waals surface area contributed by atoms with Crippen LogP contribution in [0.2, 0.25) is 5.15 Å². The van der Waals surface area contributed by atoms with E-state index in [0.717, 1.165) is 0 Å². The molecule has 2 aromatic rings. The number of nitro benzene ring substituents is 1. The van der Waals surface area contributed by atoms with Crippen LogP contribution in [0.3, 0.4) is 0 Å². The van der Waals surface area contributed by atoms with Gasteiger partial charge in [0.2, 0.25) is 10.8 Å². The van der Waals surface area contributed by atoms with Gasteiger partial charge in [-0.1, -0.05) is 11.6 Å². The van der Waals surface area contributed by atoms with Gasteiger partial charge >= 0.3 is 11.2 Å². The number of fused-ring (bicyclic) bond motifs is 1. The number of anilines is 1. The lowest BCUT2D eigenvalue weighted by Crippen LogP contribution is -2.25. The van der Waals surface area contributed by atoms with Crippen LogP contribution in [-0.2, 0) is 9.84 Å². The van der Waals surface area contributed by atoms with Gasteiger partial charge in [-0.2, -0.15) is 17.6 Å². The Balaban J connectivity index is 2.90. The molecule has 1 aromatic heterocycles. The van der Waals surface area contributed by atoms with E-state index in [1.54, 1.807) is 0 Å². The fourth-order valence-electron chi connectivity index (χ4n) is 1.56. The maximum atomic E-state index is 13.7. The summed E-state index contributed by atoms with van der Waals surface area (Å²) in [5.74, 6) is -1.59. The van der Waals surface area contributed by atoms with Gasteiger partial charge in [-0.25, -0.2) is 18.4 Å². The quantitative estimate of drug-likeness (QED) is 0.369. The number of nitrogen functional groups attached to an aromatic ring is 1. The van der Waals surface area contributed by atoms with Crippen LogP contribution >= 0.6 is 11.6 Å². The summed E-state index contributed by atoms with van der Waals surface area (Å²) in [5.41, 5.74) is -4.00. The maximum absolute atomic E-state index is 13.7. The molecule has 0 bridgehead atoms. The van der Waals surface area contributed by atoms with Crippen molar-refractivity contribution in [3.05, 3.63) is 27.2 Å². The van der Waals surface area contributed by atoms with Crippen molar-refractivity contribution >= 4 is 43.8 Å². The second-order valence-corrected chi connectivity index (χ2v) is 6.23. The molecule has 0 saturated carbocycles. The largest absolute Gasteiger partial charge is 0.503 e. The van der Waals surface area contributed by atoms with Crippen LogP contribution in [0, 0.1) is 15.9 Å². The van der Waals surface area contributed by atoms with Crippen LogP contribution in [0.25, 0.3) is 11.0 Å². The summed E-state index contributed by atoms with van der Waals surface area (Å²) in [6.45, 7) is 0. The topological polar surface area (TPSA) is 129 Å². The molecule has 2 rings (SSSR count). The van der Waals surface area contributed by atoms with Gasteiger partial charge in [0.25, 0.3) is 9.84 Å². The number of alkyl halides is 3. The second-order valence-electron chi connectivity index (χ2n) is 4.02. The van der Waals surface area contributed by atoms with Gasteiger partial charge in [0.1, 0.15) is 11.2 Å². The van der Waals surface area contributed by atoms with Gasteiger partial charge in [0.15, 0.2) is 5.15 Å². The number of aromatic nitrogens is 2. The van der Waals surface area contributed by atoms with E-state index < -0.39 is 58.7 Å². The first-order valence-corrected chi connectivity index (χ1v) is 7.15. The molecule has 8 nitrogen and oxygen atoms in total. The standard InChI is InChI=1S/C9H3ClF4N4O4S/c10-7-8(23(21,22)9(12,13)14)17-6-2(16-7)1-3(18(19)20)4(11)5(6)15/h1H,15H2. The molecular formula is C9H3ClF4N4O4S. The highest BCUT2D eigenvalue weighted by molar-refractivity contribution is 7.92. The molecule has 1 aromatic carbocycles. The normalized spacial score (nSPS) is 12.6. The van der Waals surface area contributed by atoms with Crippen LogP contribution in [-0.4, -0.2) is 28.8 Å². The van der Waals surface area contributed by atoms with Crippen molar-refractivity contribution in [2.24, 2.45) is 0 Å². The number of nitrogens with zero attached hydrogens (tertiary/aromatic N) is 3. The molecule has 2 N–H and O–H groups in total. The number of hydrogen-bond acceptors (Lipinski definition) is 7. The van der Waals surface area contributed by atoms with E-state index in [9.17, 15) is 36.1 Å². The lowest BCUT2D eigenvalue weighted by Gasteiger charge is -2.10. The Kier molecular flexibility index (Phi) is 3.81. The number of hydrogen-bond donors (Lipinski definition) is 1. The predicted octanol–water partition coefficient (Wildman–Crippen LogP) is 2.21. The smallest absolute Gasteiger partial charge is 0.394 e. The summed E-state index contributed by atoms with van der Waals surface area (Å²) in [6, 6.07) is 0.518. The molecular weight excluding hydrogens is 372 g/mol. The molecule has 14 heteroatoms. The minimum atomic E-state index is -5.97. The Morgan fingerprint density at radius 3 is 2.35 bits per heavy atom. The number of sulfone groups is 1. The van der Waals surface area contributed by atoms with Crippen molar-refractivity contribution < 1.29 is 30.9 Å². The summed E-state index contributed by atoms with van der Waals surface area (Å²) in [5, 5.41) is 7.78. The summed E-state index contributed by atoms with van der Waals surface area (Å²) in [4.78, 5) is 15.8. The Bertz CT molecular complexity index is 947. The SMILES string of the molecule is Nc1c(F)c([N+](=O)[O-])cc2nc(Cl)c(S(=O)(=O)C(F)(F)F)nc12. The monoisotopic (exact) mass is 374 g/mol. The van der Waals surface area contributed by atoms with Crippen LogP contribution in [0.5, 0.6) is 0 Å². The number of rotatable bonds is 2. The molecule has 0 aliphatic carbocycles. The van der Waals surface area contributed by atoms with Crippen molar-refractivity contribution in [2.75, 3.05) is 5.73 Å². The number of halogens is 5. The Morgan fingerprint density at radius 1 is 1.30 bits per heavy atom. The van der Waals surface area contributed by atoms with E-state index in [0.29, 0.717) is 6.07 Å². The molecule has 0 radical (unpaired) electrons. The summed E-state index contributed by atoms with van der Waals surface area (Å²) < 4.78 is 74.0. The van der Waals surface area contributed by atoms with Crippen molar-refractivity contribution in [1.29, 1.82) is 0 Å². The Hall–Kier alpha value is -2.28. The van der Waals surface area contributed by atoms with Gasteiger partial charge in [0.05, 0.1) is 10.4 Å². The fraction of sp³-hybridized carbons (Fsp3) is 0.111. The van der Waals surface area contributed by atoms with Gasteiger partial charge in [-0.05, 0) is 0 Å². The number of benzene rings is 1. The van der Waals surface area contributed by atoms with Crippen molar-refractivity contribution in [3.63, 3.8) is 0 Å². The van der Waals surface area contributed by atoms with Crippen molar-refractivity contribution in [2.45, 2.75) is 10.5 Å². The lowest BCUT2D eigenvalue weighted by atomic mass is 10.2. The average molecular weight is 375 g/mol. The second kappa shape index (κ2) is 5.13. The highest BCUT2D eigenvalue weighted by Crippen LogP contribution is 2.36. The zero-order valence-corrected chi connectivity index (χ0v) is 12.0. The minimum Gasteiger partial charge on any atom is -0.394 e. The molecule has 0 saturated heterocycles. The third-order valence-electron chi connectivity index (χ3n) is 2.60. The average Bonchev–Trinajstić information content (AvgIpc) is 2.40. The fourth-order valence-corrected chi connectivity index (χ4v) is 2.69. The predicted molar refractivity (Wildman–Crippen MR) is 68.8 cm³/mol. The van der Waals surface area contributed by atoms with E-state index in [4.69, 9.17) is 17.3 Å². The molecule has 1 heterocycles. The maximum Gasteiger partial charge on any atom is 0.503 e. The molecule has 124 valence electrons. The van der Waals surface area contributed by atoms with Crippen molar-refractivity contribution in [1.82, 2.24) is 9.97 Å². The van der Waals surface area contributed by atoms with E-state index in [1.165, 1.54) is 0 Å². The van der Waals surface area contributed by atoms with E-state index >= 15 is 0 Å². The lowest BCUT2D eigenvalue weighted by molar-refractivity contribution is -0.387. The first kappa shape index (κ1) is 17.1. The van der Waals surface area contributed by atoms with Crippen LogP contribution in [0.4, 0.5) is 28.9 Å². The highest BCUT2D eigenvalue weighted by Gasteiger charge is 2.49. The first-order valence-electron chi connectivity index (χ1n) is 5.29. The molecule has 0 aliphatic heterocycles. The first-order chi connectivity index (χ1) is 10.4. The van der Waals surface area contributed by atoms with Gasteiger partial charge in [0, 0.05) is 6.07 Å². The van der Waals surface area contributed by atoms with Gasteiger partial charge < -0.3 is 5.73 Å². The minimum absolute atomic E-state index is 0.518. The summed E-state index contributed by atoms with van der Waals surface area (Å²) in [6.07, 6.45) is 0. The highest BCUT2D eigenvalue weighted by atomic mass is 35.5. The zero-order valence-electron chi connectivity index (χ0n) is 10.4. The van der Waals surface area contributed by atoms with Gasteiger partial charge in [-0.3, -0.25) is 10.1 Å². The summed E-state index contributed by atoms with van der Waals surface area (Å²) >= 11 is 5.36. The Labute approximate surface area is 129 Å². The zero-order chi connectivity index (χ0) is 17.7. The van der Waals surface area contributed by atoms with Crippen LogP contribution in [0.15, 0.2) is 11.1 Å². The molecule has 0 atom stereocenters. The molecule has 0 amide bonds. The van der Waals surface area contributed by atoms with Crippen LogP contribution in [0.1, 0.15) is 0 Å². The van der Waals surface area contributed by atoms with Crippen molar-refractivity contribution in [3.8, 4) is 0 Å².